The van der Waals surface area contributed by atoms with Gasteiger partial charge in [0.15, 0.2) is 5.96 Å². The van der Waals surface area contributed by atoms with Crippen LogP contribution in [0.15, 0.2) is 27.8 Å². The summed E-state index contributed by atoms with van der Waals surface area (Å²) in [7, 11) is 0. The first-order valence-corrected chi connectivity index (χ1v) is 9.16. The van der Waals surface area contributed by atoms with Crippen molar-refractivity contribution in [3.63, 3.8) is 0 Å². The summed E-state index contributed by atoms with van der Waals surface area (Å²) < 4.78 is 10.7. The molecule has 1 fully saturated rings. The Morgan fingerprint density at radius 3 is 2.69 bits per heavy atom. The van der Waals surface area contributed by atoms with Crippen LogP contribution in [-0.2, 0) is 11.2 Å². The van der Waals surface area contributed by atoms with Crippen LogP contribution in [-0.4, -0.2) is 74.0 Å². The highest BCUT2D eigenvalue weighted by atomic mass is 127. The molecule has 0 amide bonds. The summed E-state index contributed by atoms with van der Waals surface area (Å²) in [5, 5.41) is 17.2. The number of rotatable bonds is 9. The molecular weight excluding hydrogens is 447 g/mol. The Balaban J connectivity index is 0.00000338. The molecule has 2 heterocycles. The van der Waals surface area contributed by atoms with Crippen LogP contribution in [0.4, 0.5) is 0 Å². The topological polar surface area (TPSA) is 82.3 Å². The van der Waals surface area contributed by atoms with Gasteiger partial charge < -0.3 is 24.9 Å². The van der Waals surface area contributed by atoms with Gasteiger partial charge in [0.25, 0.3) is 0 Å². The first-order valence-electron chi connectivity index (χ1n) is 9.16. The largest absolute Gasteiger partial charge is 0.469 e. The van der Waals surface area contributed by atoms with Crippen molar-refractivity contribution < 1.29 is 14.3 Å². The number of morpholine rings is 1. The lowest BCUT2D eigenvalue weighted by Gasteiger charge is -2.33. The summed E-state index contributed by atoms with van der Waals surface area (Å²) in [6.45, 7) is 9.68. The zero-order chi connectivity index (χ0) is 18.0. The zero-order valence-electron chi connectivity index (χ0n) is 15.9. The number of nitrogens with one attached hydrogen (secondary N) is 2. The minimum absolute atomic E-state index is 0. The normalized spacial score (nSPS) is 18.0. The molecule has 3 N–H and O–H groups in total. The molecule has 26 heavy (non-hydrogen) atoms. The van der Waals surface area contributed by atoms with Gasteiger partial charge in [-0.15, -0.1) is 24.0 Å². The Labute approximate surface area is 173 Å². The molecule has 1 aliphatic rings. The Kier molecular flexibility index (Phi) is 11.2. The number of nitrogens with zero attached hydrogens (tertiary/aromatic N) is 2. The maximum absolute atomic E-state index is 10.7. The van der Waals surface area contributed by atoms with Gasteiger partial charge in [-0.3, -0.25) is 9.89 Å². The van der Waals surface area contributed by atoms with E-state index in [0.29, 0.717) is 13.1 Å². The van der Waals surface area contributed by atoms with E-state index in [-0.39, 0.29) is 24.0 Å². The van der Waals surface area contributed by atoms with E-state index in [1.54, 1.807) is 6.26 Å². The van der Waals surface area contributed by atoms with Crippen LogP contribution in [0.3, 0.4) is 0 Å². The van der Waals surface area contributed by atoms with E-state index in [0.717, 1.165) is 64.0 Å². The van der Waals surface area contributed by atoms with Gasteiger partial charge in [0.1, 0.15) is 5.76 Å². The van der Waals surface area contributed by atoms with E-state index in [1.807, 2.05) is 19.1 Å². The molecule has 1 saturated heterocycles. The molecule has 0 radical (unpaired) electrons. The Hall–Kier alpha value is -0.840. The standard InChI is InChI=1S/C18H32N4O3.HI/c1-3-7-19-17(20-8-6-16-5-4-11-25-16)21-14-18(2,23)15-22-9-12-24-13-10-22;/h4-5,11,23H,3,6-10,12-15H2,1-2H3,(H2,19,20,21);1H. The van der Waals surface area contributed by atoms with Crippen molar-refractivity contribution >= 4 is 29.9 Å². The summed E-state index contributed by atoms with van der Waals surface area (Å²) in [6.07, 6.45) is 3.50. The third-order valence-electron chi connectivity index (χ3n) is 4.03. The lowest BCUT2D eigenvalue weighted by atomic mass is 10.1. The molecule has 1 aliphatic heterocycles. The minimum Gasteiger partial charge on any atom is -0.469 e. The number of hydrogen-bond acceptors (Lipinski definition) is 5. The second-order valence-electron chi connectivity index (χ2n) is 6.73. The van der Waals surface area contributed by atoms with E-state index in [4.69, 9.17) is 9.15 Å². The highest BCUT2D eigenvalue weighted by molar-refractivity contribution is 14.0. The number of aliphatic hydroxyl groups is 1. The van der Waals surface area contributed by atoms with Gasteiger partial charge in [0.2, 0.25) is 0 Å². The zero-order valence-corrected chi connectivity index (χ0v) is 18.2. The number of halogens is 1. The first-order chi connectivity index (χ1) is 12.1. The van der Waals surface area contributed by atoms with Crippen LogP contribution in [0.2, 0.25) is 0 Å². The van der Waals surface area contributed by atoms with Crippen LogP contribution in [0.5, 0.6) is 0 Å². The molecule has 2 rings (SSSR count). The van der Waals surface area contributed by atoms with Crippen LogP contribution in [0.1, 0.15) is 26.0 Å². The fourth-order valence-electron chi connectivity index (χ4n) is 2.72. The highest BCUT2D eigenvalue weighted by Gasteiger charge is 2.25. The van der Waals surface area contributed by atoms with E-state index in [2.05, 4.69) is 27.4 Å². The fourth-order valence-corrected chi connectivity index (χ4v) is 2.72. The van der Waals surface area contributed by atoms with E-state index in [9.17, 15) is 5.11 Å². The highest BCUT2D eigenvalue weighted by Crippen LogP contribution is 2.09. The van der Waals surface area contributed by atoms with Crippen LogP contribution in [0, 0.1) is 0 Å². The Bertz CT molecular complexity index is 503. The summed E-state index contributed by atoms with van der Waals surface area (Å²) in [5.41, 5.74) is -0.862. The maximum Gasteiger partial charge on any atom is 0.191 e. The van der Waals surface area contributed by atoms with Crippen LogP contribution in [0.25, 0.3) is 0 Å². The van der Waals surface area contributed by atoms with Crippen molar-refractivity contribution in [1.82, 2.24) is 15.5 Å². The molecular formula is C18H33IN4O3. The van der Waals surface area contributed by atoms with Crippen molar-refractivity contribution in [2.45, 2.75) is 32.3 Å². The van der Waals surface area contributed by atoms with Crippen molar-refractivity contribution in [2.24, 2.45) is 4.99 Å². The summed E-state index contributed by atoms with van der Waals surface area (Å²) in [5.74, 6) is 1.68. The lowest BCUT2D eigenvalue weighted by molar-refractivity contribution is -0.0179. The van der Waals surface area contributed by atoms with Gasteiger partial charge in [0.05, 0.1) is 31.6 Å². The molecule has 150 valence electrons. The molecule has 1 unspecified atom stereocenters. The number of ether oxygens (including phenoxy) is 1. The molecule has 1 atom stereocenters. The second-order valence-corrected chi connectivity index (χ2v) is 6.73. The van der Waals surface area contributed by atoms with E-state index in [1.165, 1.54) is 0 Å². The van der Waals surface area contributed by atoms with E-state index < -0.39 is 5.60 Å². The number of guanidine groups is 1. The molecule has 7 nitrogen and oxygen atoms in total. The van der Waals surface area contributed by atoms with Gasteiger partial charge in [-0.2, -0.15) is 0 Å². The fraction of sp³-hybridized carbons (Fsp3) is 0.722. The number of hydrogen-bond donors (Lipinski definition) is 3. The van der Waals surface area contributed by atoms with Crippen molar-refractivity contribution in [3.8, 4) is 0 Å². The molecule has 1 aromatic rings. The molecule has 0 spiro atoms. The van der Waals surface area contributed by atoms with Gasteiger partial charge >= 0.3 is 0 Å². The van der Waals surface area contributed by atoms with E-state index >= 15 is 0 Å². The van der Waals surface area contributed by atoms with Gasteiger partial charge in [-0.1, -0.05) is 6.92 Å². The molecule has 8 heteroatoms. The van der Waals surface area contributed by atoms with Crippen LogP contribution < -0.4 is 10.6 Å². The third kappa shape index (κ3) is 9.20. The predicted molar refractivity (Wildman–Crippen MR) is 114 cm³/mol. The van der Waals surface area contributed by atoms with Crippen molar-refractivity contribution in [1.29, 1.82) is 0 Å². The number of aliphatic imine (C=N–C) groups is 1. The van der Waals surface area contributed by atoms with Crippen molar-refractivity contribution in [3.05, 3.63) is 24.2 Å². The molecule has 0 saturated carbocycles. The maximum atomic E-state index is 10.7. The smallest absolute Gasteiger partial charge is 0.191 e. The lowest BCUT2D eigenvalue weighted by Crippen LogP contribution is -2.48. The molecule has 0 bridgehead atoms. The van der Waals surface area contributed by atoms with Gasteiger partial charge in [0, 0.05) is 39.1 Å². The van der Waals surface area contributed by atoms with Crippen molar-refractivity contribution in [2.75, 3.05) is 52.5 Å². The number of β-amino-alcohol motifs (C(OH)–C–C–N with tert-alkyl or cyclic N) is 1. The summed E-state index contributed by atoms with van der Waals surface area (Å²) in [4.78, 5) is 6.80. The second kappa shape index (κ2) is 12.5. The molecule has 1 aromatic heterocycles. The first kappa shape index (κ1) is 23.2. The molecule has 0 aromatic carbocycles. The third-order valence-corrected chi connectivity index (χ3v) is 4.03. The Morgan fingerprint density at radius 1 is 1.31 bits per heavy atom. The Morgan fingerprint density at radius 2 is 2.04 bits per heavy atom. The van der Waals surface area contributed by atoms with Gasteiger partial charge in [-0.25, -0.2) is 0 Å². The summed E-state index contributed by atoms with van der Waals surface area (Å²) >= 11 is 0. The van der Waals surface area contributed by atoms with Gasteiger partial charge in [-0.05, 0) is 25.5 Å². The number of furan rings is 1. The summed E-state index contributed by atoms with van der Waals surface area (Å²) in [6, 6.07) is 3.85. The predicted octanol–water partition coefficient (Wildman–Crippen LogP) is 1.47. The SMILES string of the molecule is CCCNC(=NCC(C)(O)CN1CCOCC1)NCCc1ccco1.I. The average Bonchev–Trinajstić information content (AvgIpc) is 3.11. The quantitative estimate of drug-likeness (QED) is 0.282. The average molecular weight is 480 g/mol. The minimum atomic E-state index is -0.862. The van der Waals surface area contributed by atoms with Crippen LogP contribution >= 0.6 is 24.0 Å². The molecule has 0 aliphatic carbocycles. The monoisotopic (exact) mass is 480 g/mol.